The number of benzene rings is 2. The zero-order chi connectivity index (χ0) is 26.4. The summed E-state index contributed by atoms with van der Waals surface area (Å²) >= 11 is 9.58. The first-order chi connectivity index (χ1) is 17.1. The summed E-state index contributed by atoms with van der Waals surface area (Å²) in [5, 5.41) is 0.132. The Balaban J connectivity index is 2.04. The minimum Gasteiger partial charge on any atom is -0.480 e. The number of urea groups is 1. The van der Waals surface area contributed by atoms with E-state index in [1.165, 1.54) is 67.8 Å². The number of ketones is 1. The standard InChI is InChI=1S/C24H21BrClFN2O7/c1-34-22(31)12-29(20-11-21(18(26)10-17(20)25)36-13-23(32)35-2)24(33)28-8-7-16(30)9-19(28)14-3-5-15(27)6-4-14/h3-8,10-11,19H,9,12-13H2,1-2H3/t19-/m0/s1. The summed E-state index contributed by atoms with van der Waals surface area (Å²) in [4.78, 5) is 52.1. The number of allylic oxidation sites excluding steroid dienone is 1. The van der Waals surface area contributed by atoms with Crippen molar-refractivity contribution in [1.82, 2.24) is 4.90 Å². The summed E-state index contributed by atoms with van der Waals surface area (Å²) in [5.74, 6) is -2.01. The number of esters is 2. The van der Waals surface area contributed by atoms with Crippen LogP contribution in [0.4, 0.5) is 14.9 Å². The molecule has 1 aliphatic rings. The van der Waals surface area contributed by atoms with Crippen LogP contribution in [0.3, 0.4) is 0 Å². The molecule has 0 saturated heterocycles. The number of ether oxygens (including phenoxy) is 3. The van der Waals surface area contributed by atoms with E-state index >= 15 is 0 Å². The van der Waals surface area contributed by atoms with E-state index in [0.29, 0.717) is 10.0 Å². The van der Waals surface area contributed by atoms with Crippen LogP contribution in [0, 0.1) is 5.82 Å². The quantitative estimate of drug-likeness (QED) is 0.445. The molecule has 1 heterocycles. The van der Waals surface area contributed by atoms with Gasteiger partial charge in [-0.1, -0.05) is 23.7 Å². The van der Waals surface area contributed by atoms with Crippen LogP contribution in [-0.4, -0.2) is 56.0 Å². The summed E-state index contributed by atoms with van der Waals surface area (Å²) in [6.45, 7) is -0.938. The van der Waals surface area contributed by atoms with E-state index in [2.05, 4.69) is 20.7 Å². The van der Waals surface area contributed by atoms with Gasteiger partial charge >= 0.3 is 18.0 Å². The summed E-state index contributed by atoms with van der Waals surface area (Å²) in [7, 11) is 2.37. The number of hydrogen-bond donors (Lipinski definition) is 0. The molecule has 2 aromatic carbocycles. The topological polar surface area (TPSA) is 102 Å². The molecule has 0 N–H and O–H groups in total. The molecular formula is C24H21BrClFN2O7. The largest absolute Gasteiger partial charge is 0.480 e. The Kier molecular flexibility index (Phi) is 9.05. The third kappa shape index (κ3) is 6.41. The monoisotopic (exact) mass is 582 g/mol. The Morgan fingerprint density at radius 2 is 1.81 bits per heavy atom. The Labute approximate surface area is 219 Å². The fraction of sp³-hybridized carbons (Fsp3) is 0.250. The highest BCUT2D eigenvalue weighted by Gasteiger charge is 2.34. The zero-order valence-electron chi connectivity index (χ0n) is 19.2. The number of anilines is 1. The third-order valence-corrected chi connectivity index (χ3v) is 6.17. The fourth-order valence-corrected chi connectivity index (χ4v) is 4.31. The van der Waals surface area contributed by atoms with Crippen molar-refractivity contribution in [2.45, 2.75) is 12.5 Å². The molecule has 0 spiro atoms. The van der Waals surface area contributed by atoms with E-state index in [1.54, 1.807) is 0 Å². The maximum Gasteiger partial charge on any atom is 0.343 e. The van der Waals surface area contributed by atoms with E-state index < -0.39 is 43.0 Å². The predicted octanol–water partition coefficient (Wildman–Crippen LogP) is 4.42. The van der Waals surface area contributed by atoms with Crippen molar-refractivity contribution in [2.75, 3.05) is 32.3 Å². The average Bonchev–Trinajstić information content (AvgIpc) is 2.86. The van der Waals surface area contributed by atoms with Crippen LogP contribution in [0.1, 0.15) is 18.0 Å². The second-order valence-corrected chi connectivity index (χ2v) is 8.77. The molecule has 0 aromatic heterocycles. The van der Waals surface area contributed by atoms with Gasteiger partial charge in [0.1, 0.15) is 18.1 Å². The lowest BCUT2D eigenvalue weighted by atomic mass is 9.97. The third-order valence-electron chi connectivity index (χ3n) is 5.24. The lowest BCUT2D eigenvalue weighted by Gasteiger charge is -2.35. The Morgan fingerprint density at radius 1 is 1.14 bits per heavy atom. The van der Waals surface area contributed by atoms with Gasteiger partial charge in [0.05, 0.1) is 31.0 Å². The lowest BCUT2D eigenvalue weighted by molar-refractivity contribution is -0.143. The molecule has 1 atom stereocenters. The summed E-state index contributed by atoms with van der Waals surface area (Å²) in [6.07, 6.45) is 2.51. The van der Waals surface area contributed by atoms with Gasteiger partial charge in [-0.25, -0.2) is 14.0 Å². The van der Waals surface area contributed by atoms with Crippen molar-refractivity contribution in [3.63, 3.8) is 0 Å². The highest BCUT2D eigenvalue weighted by Crippen LogP contribution is 2.38. The Bertz CT molecular complexity index is 1210. The van der Waals surface area contributed by atoms with Crippen molar-refractivity contribution >= 4 is 57.0 Å². The molecule has 1 aliphatic heterocycles. The fourth-order valence-electron chi connectivity index (χ4n) is 3.41. The van der Waals surface area contributed by atoms with Crippen LogP contribution in [-0.2, 0) is 23.9 Å². The maximum atomic E-state index is 13.8. The van der Waals surface area contributed by atoms with Gasteiger partial charge in [-0.2, -0.15) is 0 Å². The SMILES string of the molecule is COC(=O)COc1cc(N(CC(=O)OC)C(=O)N2C=CC(=O)C[C@H]2c2ccc(F)cc2)c(Br)cc1Cl. The second-order valence-electron chi connectivity index (χ2n) is 7.50. The van der Waals surface area contributed by atoms with Crippen LogP contribution >= 0.6 is 27.5 Å². The van der Waals surface area contributed by atoms with E-state index in [-0.39, 0.29) is 28.7 Å². The summed E-state index contributed by atoms with van der Waals surface area (Å²) < 4.78 is 28.6. The minimum atomic E-state index is -0.753. The maximum absolute atomic E-state index is 13.8. The molecule has 0 radical (unpaired) electrons. The van der Waals surface area contributed by atoms with E-state index in [9.17, 15) is 23.6 Å². The highest BCUT2D eigenvalue weighted by molar-refractivity contribution is 9.10. The zero-order valence-corrected chi connectivity index (χ0v) is 21.5. The first kappa shape index (κ1) is 27.2. The predicted molar refractivity (Wildman–Crippen MR) is 131 cm³/mol. The van der Waals surface area contributed by atoms with Crippen LogP contribution in [0.2, 0.25) is 5.02 Å². The average molecular weight is 584 g/mol. The van der Waals surface area contributed by atoms with Crippen molar-refractivity contribution in [2.24, 2.45) is 0 Å². The van der Waals surface area contributed by atoms with Crippen LogP contribution in [0.25, 0.3) is 0 Å². The van der Waals surface area contributed by atoms with Crippen LogP contribution in [0.15, 0.2) is 53.1 Å². The number of amides is 2. The number of rotatable bonds is 7. The van der Waals surface area contributed by atoms with Crippen molar-refractivity contribution in [3.8, 4) is 5.75 Å². The van der Waals surface area contributed by atoms with Crippen LogP contribution < -0.4 is 9.64 Å². The molecule has 190 valence electrons. The molecule has 0 fully saturated rings. The number of nitrogens with zero attached hydrogens (tertiary/aromatic N) is 2. The van der Waals surface area contributed by atoms with Gasteiger partial charge in [0.2, 0.25) is 0 Å². The number of carbonyl (C=O) groups excluding carboxylic acids is 4. The normalized spacial score (nSPS) is 14.9. The van der Waals surface area contributed by atoms with Crippen LogP contribution in [0.5, 0.6) is 5.75 Å². The molecule has 3 rings (SSSR count). The van der Waals surface area contributed by atoms with Crippen molar-refractivity contribution in [1.29, 1.82) is 0 Å². The number of halogens is 3. The van der Waals surface area contributed by atoms with Crippen molar-refractivity contribution in [3.05, 3.63) is 69.6 Å². The first-order valence-corrected chi connectivity index (χ1v) is 11.6. The lowest BCUT2D eigenvalue weighted by Crippen LogP contribution is -2.46. The molecule has 0 unspecified atom stereocenters. The molecule has 2 aromatic rings. The van der Waals surface area contributed by atoms with Crippen molar-refractivity contribution < 1.29 is 37.8 Å². The van der Waals surface area contributed by atoms with Gasteiger partial charge in [0.15, 0.2) is 12.4 Å². The van der Waals surface area contributed by atoms with Gasteiger partial charge in [-0.3, -0.25) is 19.4 Å². The molecule has 2 amide bonds. The minimum absolute atomic E-state index is 0.0464. The molecule has 12 heteroatoms. The van der Waals surface area contributed by atoms with Gasteiger partial charge in [0, 0.05) is 23.2 Å². The van der Waals surface area contributed by atoms with Gasteiger partial charge in [-0.05, 0) is 45.8 Å². The molecular weight excluding hydrogens is 563 g/mol. The van der Waals surface area contributed by atoms with Gasteiger partial charge < -0.3 is 14.2 Å². The smallest absolute Gasteiger partial charge is 0.343 e. The highest BCUT2D eigenvalue weighted by atomic mass is 79.9. The molecule has 0 bridgehead atoms. The Morgan fingerprint density at radius 3 is 2.44 bits per heavy atom. The molecule has 0 saturated carbocycles. The van der Waals surface area contributed by atoms with Gasteiger partial charge in [0.25, 0.3) is 0 Å². The van der Waals surface area contributed by atoms with Gasteiger partial charge in [-0.15, -0.1) is 0 Å². The second kappa shape index (κ2) is 12.0. The number of carbonyl (C=O) groups is 4. The number of methoxy groups -OCH3 is 2. The molecule has 9 nitrogen and oxygen atoms in total. The molecule has 0 aliphatic carbocycles. The van der Waals surface area contributed by atoms with E-state index in [1.807, 2.05) is 0 Å². The Hall–Kier alpha value is -3.44. The summed E-state index contributed by atoms with van der Waals surface area (Å²) in [6, 6.07) is 6.80. The number of hydrogen-bond acceptors (Lipinski definition) is 7. The van der Waals surface area contributed by atoms with E-state index in [0.717, 1.165) is 4.90 Å². The summed E-state index contributed by atoms with van der Waals surface area (Å²) in [5.41, 5.74) is 0.704. The first-order valence-electron chi connectivity index (χ1n) is 10.5. The molecule has 36 heavy (non-hydrogen) atoms. The van der Waals surface area contributed by atoms with E-state index in [4.69, 9.17) is 21.1 Å².